The van der Waals surface area contributed by atoms with Gasteiger partial charge in [-0.15, -0.1) is 0 Å². The van der Waals surface area contributed by atoms with Gasteiger partial charge in [0.15, 0.2) is 6.10 Å². The molecule has 0 heterocycles. The third-order valence-electron chi connectivity index (χ3n) is 3.73. The Morgan fingerprint density at radius 1 is 0.963 bits per heavy atom. The van der Waals surface area contributed by atoms with Gasteiger partial charge >= 0.3 is 5.97 Å². The Kier molecular flexibility index (Phi) is 7.55. The van der Waals surface area contributed by atoms with E-state index in [9.17, 15) is 14.4 Å². The van der Waals surface area contributed by atoms with Gasteiger partial charge in [0.25, 0.3) is 5.91 Å². The lowest BCUT2D eigenvalue weighted by Gasteiger charge is -2.14. The molecule has 2 rings (SSSR count). The standard InChI is InChI=1S/C21H23NO5/c1-15(23)8-13-20(24)27-16(2)21(25)22-18-9-11-19(12-10-18)26-14-17-6-4-3-5-7-17/h3-7,9-12,16H,8,13-14H2,1-2H3,(H,22,25)/t16-/m0/s1. The van der Waals surface area contributed by atoms with Crippen LogP contribution in [0.3, 0.4) is 0 Å². The molecule has 1 amide bonds. The van der Waals surface area contributed by atoms with Crippen molar-refractivity contribution in [2.75, 3.05) is 5.32 Å². The average molecular weight is 369 g/mol. The van der Waals surface area contributed by atoms with E-state index in [4.69, 9.17) is 9.47 Å². The number of nitrogens with one attached hydrogen (secondary N) is 1. The first kappa shape index (κ1) is 20.2. The Hall–Kier alpha value is -3.15. The topological polar surface area (TPSA) is 81.7 Å². The first-order chi connectivity index (χ1) is 12.9. The molecule has 2 aromatic carbocycles. The number of carbonyl (C=O) groups is 3. The van der Waals surface area contributed by atoms with Crippen LogP contribution >= 0.6 is 0 Å². The molecule has 0 radical (unpaired) electrons. The minimum atomic E-state index is -0.946. The zero-order valence-corrected chi connectivity index (χ0v) is 15.4. The molecule has 0 bridgehead atoms. The number of Topliss-reactive ketones (excluding diaryl/α,β-unsaturated/α-hetero) is 1. The second-order valence-electron chi connectivity index (χ2n) is 6.12. The molecule has 0 aliphatic carbocycles. The van der Waals surface area contributed by atoms with Crippen molar-refractivity contribution in [3.63, 3.8) is 0 Å². The molecule has 142 valence electrons. The van der Waals surface area contributed by atoms with Crippen LogP contribution in [0.2, 0.25) is 0 Å². The zero-order valence-electron chi connectivity index (χ0n) is 15.4. The number of hydrogen-bond donors (Lipinski definition) is 1. The molecule has 0 saturated carbocycles. The summed E-state index contributed by atoms with van der Waals surface area (Å²) >= 11 is 0. The van der Waals surface area contributed by atoms with Crippen molar-refractivity contribution in [2.24, 2.45) is 0 Å². The first-order valence-corrected chi connectivity index (χ1v) is 8.70. The molecule has 0 unspecified atom stereocenters. The molecule has 0 aromatic heterocycles. The van der Waals surface area contributed by atoms with E-state index >= 15 is 0 Å². The molecule has 0 aliphatic heterocycles. The molecule has 0 fully saturated rings. The molecule has 27 heavy (non-hydrogen) atoms. The second kappa shape index (κ2) is 10.1. The number of esters is 1. The minimum Gasteiger partial charge on any atom is -0.489 e. The van der Waals surface area contributed by atoms with Gasteiger partial charge in [-0.1, -0.05) is 30.3 Å². The summed E-state index contributed by atoms with van der Waals surface area (Å²) in [5.74, 6) is -0.430. The monoisotopic (exact) mass is 369 g/mol. The third kappa shape index (κ3) is 7.32. The number of anilines is 1. The highest BCUT2D eigenvalue weighted by molar-refractivity contribution is 5.95. The van der Waals surface area contributed by atoms with Crippen LogP contribution in [0.1, 0.15) is 32.3 Å². The van der Waals surface area contributed by atoms with Crippen LogP contribution < -0.4 is 10.1 Å². The summed E-state index contributed by atoms with van der Waals surface area (Å²) in [4.78, 5) is 34.5. The lowest BCUT2D eigenvalue weighted by atomic mass is 10.2. The van der Waals surface area contributed by atoms with Gasteiger partial charge in [-0.3, -0.25) is 9.59 Å². The molecular formula is C21H23NO5. The van der Waals surface area contributed by atoms with Crippen molar-refractivity contribution in [2.45, 2.75) is 39.4 Å². The van der Waals surface area contributed by atoms with Gasteiger partial charge in [-0.25, -0.2) is 0 Å². The van der Waals surface area contributed by atoms with Gasteiger partial charge < -0.3 is 19.6 Å². The predicted octanol–water partition coefficient (Wildman–Crippen LogP) is 3.51. The van der Waals surface area contributed by atoms with Crippen LogP contribution in [-0.4, -0.2) is 23.8 Å². The van der Waals surface area contributed by atoms with Gasteiger partial charge in [0.05, 0.1) is 6.42 Å². The van der Waals surface area contributed by atoms with Crippen molar-refractivity contribution in [3.8, 4) is 5.75 Å². The molecule has 0 saturated heterocycles. The van der Waals surface area contributed by atoms with E-state index in [-0.39, 0.29) is 18.6 Å². The predicted molar refractivity (Wildman–Crippen MR) is 101 cm³/mol. The van der Waals surface area contributed by atoms with Crippen LogP contribution in [0.25, 0.3) is 0 Å². The molecule has 0 spiro atoms. The largest absolute Gasteiger partial charge is 0.489 e. The summed E-state index contributed by atoms with van der Waals surface area (Å²) < 4.78 is 10.7. The summed E-state index contributed by atoms with van der Waals surface area (Å²) in [5, 5.41) is 2.67. The average Bonchev–Trinajstić information content (AvgIpc) is 2.66. The lowest BCUT2D eigenvalue weighted by molar-refractivity contribution is -0.153. The second-order valence-corrected chi connectivity index (χ2v) is 6.12. The fourth-order valence-electron chi connectivity index (χ4n) is 2.21. The van der Waals surface area contributed by atoms with Gasteiger partial charge in [-0.05, 0) is 43.7 Å². The normalized spacial score (nSPS) is 11.3. The summed E-state index contributed by atoms with van der Waals surface area (Å²) in [7, 11) is 0. The Morgan fingerprint density at radius 3 is 2.26 bits per heavy atom. The summed E-state index contributed by atoms with van der Waals surface area (Å²) in [6.45, 7) is 3.34. The van der Waals surface area contributed by atoms with Crippen molar-refractivity contribution in [3.05, 3.63) is 60.2 Å². The van der Waals surface area contributed by atoms with E-state index in [0.29, 0.717) is 18.0 Å². The third-order valence-corrected chi connectivity index (χ3v) is 3.73. The zero-order chi connectivity index (χ0) is 19.6. The molecule has 0 aliphatic rings. The number of amides is 1. The van der Waals surface area contributed by atoms with Crippen molar-refractivity contribution < 1.29 is 23.9 Å². The summed E-state index contributed by atoms with van der Waals surface area (Å²) in [5.41, 5.74) is 1.63. The van der Waals surface area contributed by atoms with Crippen LogP contribution in [0.15, 0.2) is 54.6 Å². The molecule has 1 atom stereocenters. The Bertz CT molecular complexity index is 771. The van der Waals surface area contributed by atoms with E-state index < -0.39 is 18.0 Å². The summed E-state index contributed by atoms with van der Waals surface area (Å²) in [6, 6.07) is 16.7. The van der Waals surface area contributed by atoms with Gasteiger partial charge in [0.1, 0.15) is 18.1 Å². The number of hydrogen-bond acceptors (Lipinski definition) is 5. The molecule has 2 aromatic rings. The Labute approximate surface area is 158 Å². The first-order valence-electron chi connectivity index (χ1n) is 8.70. The van der Waals surface area contributed by atoms with Crippen molar-refractivity contribution in [1.29, 1.82) is 0 Å². The lowest BCUT2D eigenvalue weighted by Crippen LogP contribution is -2.30. The maximum absolute atomic E-state index is 12.1. The SMILES string of the molecule is CC(=O)CCC(=O)O[C@@H](C)C(=O)Nc1ccc(OCc2ccccc2)cc1. The smallest absolute Gasteiger partial charge is 0.307 e. The molecule has 6 heteroatoms. The number of rotatable bonds is 9. The quantitative estimate of drug-likeness (QED) is 0.684. The number of carbonyl (C=O) groups excluding carboxylic acids is 3. The minimum absolute atomic E-state index is 0.0274. The maximum atomic E-state index is 12.1. The van der Waals surface area contributed by atoms with Gasteiger partial charge in [0, 0.05) is 12.1 Å². The van der Waals surface area contributed by atoms with E-state index in [2.05, 4.69) is 5.32 Å². The van der Waals surface area contributed by atoms with E-state index in [0.717, 1.165) is 5.56 Å². The number of ether oxygens (including phenoxy) is 2. The van der Waals surface area contributed by atoms with Crippen LogP contribution in [0.5, 0.6) is 5.75 Å². The Balaban J connectivity index is 1.79. The summed E-state index contributed by atoms with van der Waals surface area (Å²) in [6.07, 6.45) is -0.864. The maximum Gasteiger partial charge on any atom is 0.307 e. The van der Waals surface area contributed by atoms with Crippen LogP contribution in [0.4, 0.5) is 5.69 Å². The highest BCUT2D eigenvalue weighted by Gasteiger charge is 2.18. The van der Waals surface area contributed by atoms with Gasteiger partial charge in [0.2, 0.25) is 0 Å². The van der Waals surface area contributed by atoms with Crippen molar-refractivity contribution >= 4 is 23.3 Å². The van der Waals surface area contributed by atoms with E-state index in [1.54, 1.807) is 24.3 Å². The highest BCUT2D eigenvalue weighted by Crippen LogP contribution is 2.17. The molecule has 6 nitrogen and oxygen atoms in total. The number of ketones is 1. The van der Waals surface area contributed by atoms with E-state index in [1.165, 1.54) is 13.8 Å². The fraction of sp³-hybridized carbons (Fsp3) is 0.286. The molecular weight excluding hydrogens is 346 g/mol. The molecule has 1 N–H and O–H groups in total. The number of benzene rings is 2. The van der Waals surface area contributed by atoms with Crippen molar-refractivity contribution in [1.82, 2.24) is 0 Å². The van der Waals surface area contributed by atoms with Gasteiger partial charge in [-0.2, -0.15) is 0 Å². The van der Waals surface area contributed by atoms with Crippen LogP contribution in [0, 0.1) is 0 Å². The highest BCUT2D eigenvalue weighted by atomic mass is 16.5. The van der Waals surface area contributed by atoms with Crippen LogP contribution in [-0.2, 0) is 25.7 Å². The Morgan fingerprint density at radius 2 is 1.63 bits per heavy atom. The van der Waals surface area contributed by atoms with E-state index in [1.807, 2.05) is 30.3 Å². The fourth-order valence-corrected chi connectivity index (χ4v) is 2.21.